The highest BCUT2D eigenvalue weighted by atomic mass is 35.5. The Balaban J connectivity index is 1.78. The number of hydrogen-bond acceptors (Lipinski definition) is 2. The predicted molar refractivity (Wildman–Crippen MR) is 114 cm³/mol. The van der Waals surface area contributed by atoms with Gasteiger partial charge in [0, 0.05) is 32.6 Å². The van der Waals surface area contributed by atoms with E-state index in [-0.39, 0.29) is 5.78 Å². The number of Topliss-reactive ketones (excluding diaryl/α,β-unsaturated/α-hetero) is 1. The second-order valence-corrected chi connectivity index (χ2v) is 8.09. The molecule has 0 aliphatic heterocycles. The van der Waals surface area contributed by atoms with E-state index < -0.39 is 5.25 Å². The van der Waals surface area contributed by atoms with Gasteiger partial charge < -0.3 is 4.98 Å². The number of benzene rings is 3. The van der Waals surface area contributed by atoms with E-state index in [1.165, 1.54) is 11.8 Å². The first-order valence-electron chi connectivity index (χ1n) is 8.40. The molecule has 0 amide bonds. The van der Waals surface area contributed by atoms with Crippen LogP contribution in [0.5, 0.6) is 0 Å². The molecule has 3 aromatic carbocycles. The maximum atomic E-state index is 13.5. The first kappa shape index (κ1) is 18.2. The van der Waals surface area contributed by atoms with E-state index in [1.807, 2.05) is 54.6 Å². The Morgan fingerprint density at radius 2 is 1.67 bits per heavy atom. The summed E-state index contributed by atoms with van der Waals surface area (Å²) in [7, 11) is 0. The number of ketones is 1. The molecule has 1 aromatic heterocycles. The molecular weight excluding hydrogens is 397 g/mol. The van der Waals surface area contributed by atoms with E-state index in [4.69, 9.17) is 23.2 Å². The van der Waals surface area contributed by atoms with Gasteiger partial charge in [-0.25, -0.2) is 0 Å². The topological polar surface area (TPSA) is 32.9 Å². The van der Waals surface area contributed by atoms with Gasteiger partial charge in [0.1, 0.15) is 0 Å². The largest absolute Gasteiger partial charge is 0.360 e. The first-order valence-corrected chi connectivity index (χ1v) is 10.0. The van der Waals surface area contributed by atoms with Gasteiger partial charge in [0.2, 0.25) is 0 Å². The molecule has 5 heteroatoms. The van der Waals surface area contributed by atoms with Crippen LogP contribution in [0.3, 0.4) is 0 Å². The monoisotopic (exact) mass is 411 g/mol. The zero-order valence-corrected chi connectivity index (χ0v) is 16.5. The zero-order valence-electron chi connectivity index (χ0n) is 14.2. The van der Waals surface area contributed by atoms with E-state index in [9.17, 15) is 4.79 Å². The van der Waals surface area contributed by atoms with Crippen LogP contribution in [0.4, 0.5) is 0 Å². The Hall–Kier alpha value is -2.20. The Labute approximate surface area is 171 Å². The maximum absolute atomic E-state index is 13.5. The van der Waals surface area contributed by atoms with Gasteiger partial charge in [-0.3, -0.25) is 4.79 Å². The van der Waals surface area contributed by atoms with Crippen molar-refractivity contribution < 1.29 is 4.79 Å². The second kappa shape index (κ2) is 7.81. The third-order valence-corrected chi connectivity index (χ3v) is 6.32. The molecule has 0 fully saturated rings. The average molecular weight is 412 g/mol. The van der Waals surface area contributed by atoms with Crippen molar-refractivity contribution in [1.82, 2.24) is 4.98 Å². The van der Waals surface area contributed by atoms with Crippen LogP contribution in [0.1, 0.15) is 21.2 Å². The van der Waals surface area contributed by atoms with Gasteiger partial charge in [-0.1, -0.05) is 71.7 Å². The van der Waals surface area contributed by atoms with Gasteiger partial charge in [-0.15, -0.1) is 11.8 Å². The first-order chi connectivity index (χ1) is 13.1. The molecule has 4 rings (SSSR count). The summed E-state index contributed by atoms with van der Waals surface area (Å²) in [6.07, 6.45) is 1.78. The summed E-state index contributed by atoms with van der Waals surface area (Å²) in [5.41, 5.74) is 2.54. The quantitative estimate of drug-likeness (QED) is 0.278. The van der Waals surface area contributed by atoms with Crippen molar-refractivity contribution in [2.24, 2.45) is 0 Å². The average Bonchev–Trinajstić information content (AvgIpc) is 3.13. The molecule has 1 heterocycles. The number of carbonyl (C=O) groups excluding carboxylic acids is 1. The Morgan fingerprint density at radius 1 is 0.926 bits per heavy atom. The number of thioether (sulfide) groups is 1. The molecule has 2 nitrogen and oxygen atoms in total. The number of aromatic nitrogens is 1. The van der Waals surface area contributed by atoms with Crippen LogP contribution in [-0.2, 0) is 0 Å². The molecule has 0 bridgehead atoms. The molecule has 1 N–H and O–H groups in total. The SMILES string of the molecule is O=C(c1c[nH]c2ccccc12)[C@H](Sc1cc(Cl)ccc1Cl)c1ccccc1. The number of para-hydroxylation sites is 1. The lowest BCUT2D eigenvalue weighted by Gasteiger charge is -2.17. The Kier molecular flexibility index (Phi) is 5.26. The summed E-state index contributed by atoms with van der Waals surface area (Å²) in [5.74, 6) is 0.0275. The highest BCUT2D eigenvalue weighted by Gasteiger charge is 2.26. The number of fused-ring (bicyclic) bond motifs is 1. The minimum atomic E-state index is -0.429. The van der Waals surface area contributed by atoms with Gasteiger partial charge in [-0.05, 0) is 29.8 Å². The smallest absolute Gasteiger partial charge is 0.182 e. The number of aromatic amines is 1. The Morgan fingerprint density at radius 3 is 2.48 bits per heavy atom. The third kappa shape index (κ3) is 3.77. The number of rotatable bonds is 5. The number of hydrogen-bond donors (Lipinski definition) is 1. The van der Waals surface area contributed by atoms with Crippen molar-refractivity contribution in [1.29, 1.82) is 0 Å². The number of carbonyl (C=O) groups is 1. The Bertz CT molecular complexity index is 1110. The normalized spacial score (nSPS) is 12.2. The molecular formula is C22H15Cl2NOS. The fourth-order valence-electron chi connectivity index (χ4n) is 3.01. The standard InChI is InChI=1S/C22H15Cl2NOS/c23-15-10-11-18(24)20(12-15)27-22(14-6-2-1-3-7-14)21(26)17-13-25-19-9-5-4-8-16(17)19/h1-13,22,25H/t22-/m1/s1. The van der Waals surface area contributed by atoms with Crippen LogP contribution in [-0.4, -0.2) is 10.8 Å². The lowest BCUT2D eigenvalue weighted by Crippen LogP contribution is -2.09. The van der Waals surface area contributed by atoms with Crippen LogP contribution < -0.4 is 0 Å². The molecule has 0 saturated heterocycles. The molecule has 4 aromatic rings. The molecule has 0 radical (unpaired) electrons. The summed E-state index contributed by atoms with van der Waals surface area (Å²) in [6.45, 7) is 0. The fourth-order valence-corrected chi connectivity index (χ4v) is 4.66. The van der Waals surface area contributed by atoms with Crippen LogP contribution >= 0.6 is 35.0 Å². The molecule has 1 atom stereocenters. The van der Waals surface area contributed by atoms with Crippen molar-refractivity contribution in [2.75, 3.05) is 0 Å². The van der Waals surface area contributed by atoms with Crippen molar-refractivity contribution in [2.45, 2.75) is 10.1 Å². The molecule has 0 saturated carbocycles. The minimum absolute atomic E-state index is 0.0275. The third-order valence-electron chi connectivity index (χ3n) is 4.33. The summed E-state index contributed by atoms with van der Waals surface area (Å²) in [6, 6.07) is 22.8. The summed E-state index contributed by atoms with van der Waals surface area (Å²) in [4.78, 5) is 17.5. The molecule has 134 valence electrons. The van der Waals surface area contributed by atoms with Gasteiger partial charge >= 0.3 is 0 Å². The van der Waals surface area contributed by atoms with Gasteiger partial charge in [-0.2, -0.15) is 0 Å². The van der Waals surface area contributed by atoms with Gasteiger partial charge in [0.05, 0.1) is 10.3 Å². The van der Waals surface area contributed by atoms with E-state index in [2.05, 4.69) is 4.98 Å². The maximum Gasteiger partial charge on any atom is 0.182 e. The summed E-state index contributed by atoms with van der Waals surface area (Å²) >= 11 is 13.9. The minimum Gasteiger partial charge on any atom is -0.360 e. The summed E-state index contributed by atoms with van der Waals surface area (Å²) < 4.78 is 0. The van der Waals surface area contributed by atoms with Crippen LogP contribution in [0.2, 0.25) is 10.0 Å². The number of halogens is 2. The molecule has 0 spiro atoms. The van der Waals surface area contributed by atoms with Gasteiger partial charge in [0.15, 0.2) is 5.78 Å². The van der Waals surface area contributed by atoms with Crippen LogP contribution in [0.15, 0.2) is 83.9 Å². The molecule has 0 aliphatic carbocycles. The lowest BCUT2D eigenvalue weighted by atomic mass is 10.0. The van der Waals surface area contributed by atoms with Crippen LogP contribution in [0.25, 0.3) is 10.9 Å². The molecule has 0 aliphatic rings. The molecule has 0 unspecified atom stereocenters. The second-order valence-electron chi connectivity index (χ2n) is 6.10. The highest BCUT2D eigenvalue weighted by Crippen LogP contribution is 2.42. The van der Waals surface area contributed by atoms with Crippen molar-refractivity contribution in [3.8, 4) is 0 Å². The predicted octanol–water partition coefficient (Wildman–Crippen LogP) is 7.19. The fraction of sp³-hybridized carbons (Fsp3) is 0.0455. The van der Waals surface area contributed by atoms with E-state index in [1.54, 1.807) is 24.4 Å². The van der Waals surface area contributed by atoms with E-state index in [0.717, 1.165) is 21.4 Å². The zero-order chi connectivity index (χ0) is 18.8. The lowest BCUT2D eigenvalue weighted by molar-refractivity contribution is 0.0991. The van der Waals surface area contributed by atoms with Crippen molar-refractivity contribution in [3.05, 3.63) is 100 Å². The van der Waals surface area contributed by atoms with Crippen molar-refractivity contribution >= 4 is 51.6 Å². The molecule has 27 heavy (non-hydrogen) atoms. The van der Waals surface area contributed by atoms with E-state index in [0.29, 0.717) is 15.6 Å². The van der Waals surface area contributed by atoms with Gasteiger partial charge in [0.25, 0.3) is 0 Å². The van der Waals surface area contributed by atoms with Crippen LogP contribution in [0, 0.1) is 0 Å². The highest BCUT2D eigenvalue weighted by molar-refractivity contribution is 8.00. The summed E-state index contributed by atoms with van der Waals surface area (Å²) in [5, 5.41) is 1.66. The van der Waals surface area contributed by atoms with E-state index >= 15 is 0 Å². The number of H-pyrrole nitrogens is 1. The number of nitrogens with one attached hydrogen (secondary N) is 1. The van der Waals surface area contributed by atoms with Crippen molar-refractivity contribution in [3.63, 3.8) is 0 Å².